The van der Waals surface area contributed by atoms with Crippen LogP contribution in [0.3, 0.4) is 0 Å². The zero-order valence-electron chi connectivity index (χ0n) is 15.4. The second-order valence-corrected chi connectivity index (χ2v) is 7.37. The molecule has 1 saturated heterocycles. The molecule has 0 atom stereocenters. The molecule has 0 aliphatic carbocycles. The maximum absolute atomic E-state index is 12.7. The van der Waals surface area contributed by atoms with Crippen LogP contribution in [-0.2, 0) is 22.5 Å². The fraction of sp³-hybridized carbons (Fsp3) is 0.650. The lowest BCUT2D eigenvalue weighted by Crippen LogP contribution is -2.50. The number of hydrogen-bond acceptors (Lipinski definition) is 4. The summed E-state index contributed by atoms with van der Waals surface area (Å²) < 4.78 is 5.34. The number of hydrogen-bond donors (Lipinski definition) is 2. The van der Waals surface area contributed by atoms with Gasteiger partial charge in [-0.3, -0.25) is 9.69 Å². The van der Waals surface area contributed by atoms with E-state index in [9.17, 15) is 4.79 Å². The fourth-order valence-electron chi connectivity index (χ4n) is 4.06. The molecule has 2 N–H and O–H groups in total. The van der Waals surface area contributed by atoms with Crippen molar-refractivity contribution in [2.24, 2.45) is 5.41 Å². The summed E-state index contributed by atoms with van der Waals surface area (Å²) in [7, 11) is 1.69. The SMILES string of the molecule is COCC1(C(=O)NCCCN2CCc3ccccc3C2)CCNCC1. The van der Waals surface area contributed by atoms with E-state index in [4.69, 9.17) is 4.74 Å². The highest BCUT2D eigenvalue weighted by Gasteiger charge is 2.39. The van der Waals surface area contributed by atoms with Gasteiger partial charge in [-0.25, -0.2) is 0 Å². The highest BCUT2D eigenvalue weighted by Crippen LogP contribution is 2.29. The van der Waals surface area contributed by atoms with Gasteiger partial charge in [0.1, 0.15) is 0 Å². The largest absolute Gasteiger partial charge is 0.384 e. The molecule has 2 heterocycles. The van der Waals surface area contributed by atoms with Gasteiger partial charge in [-0.05, 0) is 49.9 Å². The van der Waals surface area contributed by atoms with E-state index in [1.165, 1.54) is 11.1 Å². The Morgan fingerprint density at radius 2 is 2.04 bits per heavy atom. The van der Waals surface area contributed by atoms with Crippen molar-refractivity contribution in [2.75, 3.05) is 46.4 Å². The Hall–Kier alpha value is -1.43. The minimum atomic E-state index is -0.343. The maximum Gasteiger partial charge on any atom is 0.228 e. The van der Waals surface area contributed by atoms with E-state index in [0.29, 0.717) is 6.61 Å². The summed E-state index contributed by atoms with van der Waals surface area (Å²) >= 11 is 0. The molecule has 0 spiro atoms. The summed E-state index contributed by atoms with van der Waals surface area (Å²) in [6, 6.07) is 8.72. The van der Waals surface area contributed by atoms with Crippen LogP contribution in [-0.4, -0.2) is 57.2 Å². The van der Waals surface area contributed by atoms with Crippen LogP contribution in [0.4, 0.5) is 0 Å². The Morgan fingerprint density at radius 1 is 1.28 bits per heavy atom. The molecule has 25 heavy (non-hydrogen) atoms. The van der Waals surface area contributed by atoms with Crippen molar-refractivity contribution in [3.63, 3.8) is 0 Å². The number of carbonyl (C=O) groups excluding carboxylic acids is 1. The third-order valence-electron chi connectivity index (χ3n) is 5.61. The fourth-order valence-corrected chi connectivity index (χ4v) is 4.06. The predicted octanol–water partition coefficient (Wildman–Crippen LogP) is 1.57. The van der Waals surface area contributed by atoms with E-state index in [-0.39, 0.29) is 11.3 Å². The molecule has 1 fully saturated rings. The quantitative estimate of drug-likeness (QED) is 0.737. The van der Waals surface area contributed by atoms with Gasteiger partial charge in [0, 0.05) is 33.3 Å². The number of carbonyl (C=O) groups is 1. The van der Waals surface area contributed by atoms with Gasteiger partial charge < -0.3 is 15.4 Å². The molecule has 1 aromatic carbocycles. The third-order valence-corrected chi connectivity index (χ3v) is 5.61. The number of benzene rings is 1. The first-order chi connectivity index (χ1) is 12.2. The minimum Gasteiger partial charge on any atom is -0.384 e. The normalized spacial score (nSPS) is 20.0. The van der Waals surface area contributed by atoms with Crippen molar-refractivity contribution >= 4 is 5.91 Å². The molecular weight excluding hydrogens is 314 g/mol. The second kappa shape index (κ2) is 8.79. The van der Waals surface area contributed by atoms with Crippen molar-refractivity contribution in [1.29, 1.82) is 0 Å². The predicted molar refractivity (Wildman–Crippen MR) is 99.5 cm³/mol. The highest BCUT2D eigenvalue weighted by molar-refractivity contribution is 5.83. The van der Waals surface area contributed by atoms with Crippen LogP contribution in [0.5, 0.6) is 0 Å². The van der Waals surface area contributed by atoms with E-state index >= 15 is 0 Å². The first-order valence-electron chi connectivity index (χ1n) is 9.51. The molecule has 0 radical (unpaired) electrons. The maximum atomic E-state index is 12.7. The van der Waals surface area contributed by atoms with Crippen LogP contribution in [0.2, 0.25) is 0 Å². The zero-order valence-corrected chi connectivity index (χ0v) is 15.4. The molecule has 3 rings (SSSR count). The topological polar surface area (TPSA) is 53.6 Å². The zero-order chi connectivity index (χ0) is 17.5. The van der Waals surface area contributed by atoms with E-state index in [1.54, 1.807) is 7.11 Å². The van der Waals surface area contributed by atoms with Gasteiger partial charge >= 0.3 is 0 Å². The summed E-state index contributed by atoms with van der Waals surface area (Å²) in [6.07, 6.45) is 3.84. The Morgan fingerprint density at radius 3 is 2.80 bits per heavy atom. The summed E-state index contributed by atoms with van der Waals surface area (Å²) in [4.78, 5) is 15.2. The summed E-state index contributed by atoms with van der Waals surface area (Å²) in [5.74, 6) is 0.167. The molecule has 0 unspecified atom stereocenters. The highest BCUT2D eigenvalue weighted by atomic mass is 16.5. The van der Waals surface area contributed by atoms with Crippen LogP contribution in [0.25, 0.3) is 0 Å². The summed E-state index contributed by atoms with van der Waals surface area (Å²) in [5, 5.41) is 6.49. The number of rotatable bonds is 7. The number of methoxy groups -OCH3 is 1. The molecule has 5 heteroatoms. The van der Waals surface area contributed by atoms with E-state index < -0.39 is 0 Å². The lowest BCUT2D eigenvalue weighted by molar-refractivity contribution is -0.136. The van der Waals surface area contributed by atoms with Crippen molar-refractivity contribution in [2.45, 2.75) is 32.2 Å². The Kier molecular flexibility index (Phi) is 6.45. The molecule has 0 aromatic heterocycles. The lowest BCUT2D eigenvalue weighted by atomic mass is 9.78. The molecule has 1 amide bonds. The van der Waals surface area contributed by atoms with Crippen LogP contribution < -0.4 is 10.6 Å². The van der Waals surface area contributed by atoms with E-state index in [1.807, 2.05) is 0 Å². The van der Waals surface area contributed by atoms with E-state index in [0.717, 1.165) is 65.0 Å². The lowest BCUT2D eigenvalue weighted by Gasteiger charge is -2.35. The third kappa shape index (κ3) is 4.60. The molecular formula is C20H31N3O2. The van der Waals surface area contributed by atoms with E-state index in [2.05, 4.69) is 39.8 Å². The van der Waals surface area contributed by atoms with Gasteiger partial charge in [0.05, 0.1) is 12.0 Å². The molecule has 1 aromatic rings. The molecule has 0 bridgehead atoms. The first-order valence-corrected chi connectivity index (χ1v) is 9.51. The average molecular weight is 345 g/mol. The van der Waals surface area contributed by atoms with Crippen LogP contribution in [0, 0.1) is 5.41 Å². The van der Waals surface area contributed by atoms with Gasteiger partial charge in [-0.2, -0.15) is 0 Å². The summed E-state index contributed by atoms with van der Waals surface area (Å²) in [5.41, 5.74) is 2.59. The van der Waals surface area contributed by atoms with Gasteiger partial charge in [0.2, 0.25) is 5.91 Å². The van der Waals surface area contributed by atoms with Crippen molar-refractivity contribution in [3.05, 3.63) is 35.4 Å². The number of nitrogens with zero attached hydrogens (tertiary/aromatic N) is 1. The van der Waals surface area contributed by atoms with Crippen LogP contribution in [0.15, 0.2) is 24.3 Å². The van der Waals surface area contributed by atoms with Crippen LogP contribution in [0.1, 0.15) is 30.4 Å². The summed E-state index contributed by atoms with van der Waals surface area (Å²) in [6.45, 7) is 6.23. The number of fused-ring (bicyclic) bond motifs is 1. The Bertz CT molecular complexity index is 564. The smallest absolute Gasteiger partial charge is 0.228 e. The molecule has 0 saturated carbocycles. The average Bonchev–Trinajstić information content (AvgIpc) is 2.66. The number of piperidine rings is 1. The van der Waals surface area contributed by atoms with Gasteiger partial charge in [0.25, 0.3) is 0 Å². The Labute approximate surface area is 151 Å². The van der Waals surface area contributed by atoms with Gasteiger partial charge in [-0.15, -0.1) is 0 Å². The number of nitrogens with one attached hydrogen (secondary N) is 2. The molecule has 138 valence electrons. The standard InChI is InChI=1S/C20H31N3O2/c1-25-16-20(8-11-21-12-9-20)19(24)22-10-4-13-23-14-7-17-5-2-3-6-18(17)15-23/h2-3,5-6,21H,4,7-16H2,1H3,(H,22,24). The van der Waals surface area contributed by atoms with Crippen LogP contribution >= 0.6 is 0 Å². The Balaban J connectivity index is 1.41. The molecule has 2 aliphatic heterocycles. The van der Waals surface area contributed by atoms with Crippen molar-refractivity contribution in [1.82, 2.24) is 15.5 Å². The van der Waals surface area contributed by atoms with Gasteiger partial charge in [0.15, 0.2) is 0 Å². The number of amides is 1. The van der Waals surface area contributed by atoms with Crippen molar-refractivity contribution < 1.29 is 9.53 Å². The second-order valence-electron chi connectivity index (χ2n) is 7.37. The first kappa shape index (κ1) is 18.4. The molecule has 2 aliphatic rings. The monoisotopic (exact) mass is 345 g/mol. The van der Waals surface area contributed by atoms with Gasteiger partial charge in [-0.1, -0.05) is 24.3 Å². The minimum absolute atomic E-state index is 0.167. The number of ether oxygens (including phenoxy) is 1. The van der Waals surface area contributed by atoms with Crippen molar-refractivity contribution in [3.8, 4) is 0 Å². The molecule has 5 nitrogen and oxygen atoms in total.